The molecule has 0 radical (unpaired) electrons. The van der Waals surface area contributed by atoms with E-state index in [0.29, 0.717) is 18.2 Å². The fourth-order valence-electron chi connectivity index (χ4n) is 0.873. The summed E-state index contributed by atoms with van der Waals surface area (Å²) < 4.78 is 0. The van der Waals surface area contributed by atoms with Crippen molar-refractivity contribution in [2.75, 3.05) is 0 Å². The van der Waals surface area contributed by atoms with Crippen LogP contribution in [0.2, 0.25) is 19.6 Å². The van der Waals surface area contributed by atoms with Crippen LogP contribution in [0.3, 0.4) is 0 Å². The van der Waals surface area contributed by atoms with Crippen LogP contribution >= 0.6 is 0 Å². The molecule has 12 heavy (non-hydrogen) atoms. The van der Waals surface area contributed by atoms with Crippen LogP contribution in [-0.2, 0) is 9.59 Å². The van der Waals surface area contributed by atoms with Crippen molar-refractivity contribution in [1.29, 1.82) is 0 Å². The molecule has 0 aliphatic carbocycles. The van der Waals surface area contributed by atoms with Gasteiger partial charge in [0, 0.05) is 12.8 Å². The molecule has 0 aromatic rings. The molecule has 0 aliphatic rings. The Balaban J connectivity index is 3.66. The molecule has 0 N–H and O–H groups in total. The van der Waals surface area contributed by atoms with E-state index in [2.05, 4.69) is 0 Å². The summed E-state index contributed by atoms with van der Waals surface area (Å²) in [6.07, 6.45) is 1.88. The zero-order valence-corrected chi connectivity index (χ0v) is 9.44. The molecule has 0 bridgehead atoms. The van der Waals surface area contributed by atoms with Crippen LogP contribution in [0.25, 0.3) is 0 Å². The minimum Gasteiger partial charge on any atom is -0.305 e. The van der Waals surface area contributed by atoms with Crippen molar-refractivity contribution in [2.24, 2.45) is 0 Å². The maximum absolute atomic E-state index is 11.4. The van der Waals surface area contributed by atoms with Crippen LogP contribution in [0.15, 0.2) is 0 Å². The van der Waals surface area contributed by atoms with Crippen LogP contribution in [0, 0.1) is 0 Å². The van der Waals surface area contributed by atoms with Crippen LogP contribution in [-0.4, -0.2) is 19.3 Å². The highest BCUT2D eigenvalue weighted by Crippen LogP contribution is 2.08. The summed E-state index contributed by atoms with van der Waals surface area (Å²) >= 11 is 0. The van der Waals surface area contributed by atoms with Crippen LogP contribution < -0.4 is 0 Å². The largest absolute Gasteiger partial charge is 0.305 e. The molecule has 0 aromatic carbocycles. The van der Waals surface area contributed by atoms with E-state index in [-0.39, 0.29) is 5.78 Å². The highest BCUT2D eigenvalue weighted by atomic mass is 28.3. The third-order valence-electron chi connectivity index (χ3n) is 1.77. The topological polar surface area (TPSA) is 34.1 Å². The highest BCUT2D eigenvalue weighted by molar-refractivity contribution is 7.03. The van der Waals surface area contributed by atoms with Gasteiger partial charge in [-0.1, -0.05) is 19.6 Å². The summed E-state index contributed by atoms with van der Waals surface area (Å²) in [5.41, 5.74) is 0. The van der Waals surface area contributed by atoms with Gasteiger partial charge in [-0.3, -0.25) is 0 Å². The van der Waals surface area contributed by atoms with Gasteiger partial charge < -0.3 is 9.59 Å². The summed E-state index contributed by atoms with van der Waals surface area (Å²) in [4.78, 5) is 22.0. The van der Waals surface area contributed by atoms with Crippen LogP contribution in [0.5, 0.6) is 0 Å². The molecule has 0 saturated carbocycles. The molecule has 0 spiro atoms. The summed E-state index contributed by atoms with van der Waals surface area (Å²) in [6.45, 7) is 7.70. The van der Waals surface area contributed by atoms with Gasteiger partial charge in [0.2, 0.25) is 0 Å². The lowest BCUT2D eigenvalue weighted by Gasteiger charge is -2.12. The van der Waals surface area contributed by atoms with E-state index in [4.69, 9.17) is 0 Å². The smallest absolute Gasteiger partial charge is 0.129 e. The zero-order chi connectivity index (χ0) is 9.78. The van der Waals surface area contributed by atoms with Gasteiger partial charge in [0.25, 0.3) is 0 Å². The molecule has 0 unspecified atom stereocenters. The lowest BCUT2D eigenvalue weighted by atomic mass is 10.2. The first-order chi connectivity index (χ1) is 5.34. The second-order valence-electron chi connectivity index (χ2n) is 4.23. The Morgan fingerprint density at radius 1 is 1.08 bits per heavy atom. The van der Waals surface area contributed by atoms with Gasteiger partial charge >= 0.3 is 0 Å². The first kappa shape index (κ1) is 11.6. The Labute approximate surface area is 75.4 Å². The number of hydrogen-bond acceptors (Lipinski definition) is 2. The van der Waals surface area contributed by atoms with Gasteiger partial charge in [0.05, 0.1) is 0 Å². The van der Waals surface area contributed by atoms with Crippen molar-refractivity contribution in [3.05, 3.63) is 0 Å². The quantitative estimate of drug-likeness (QED) is 0.617. The Morgan fingerprint density at radius 3 is 1.92 bits per heavy atom. The zero-order valence-electron chi connectivity index (χ0n) is 8.44. The first-order valence-electron chi connectivity index (χ1n) is 4.37. The maximum Gasteiger partial charge on any atom is 0.129 e. The Kier molecular flexibility index (Phi) is 4.38. The molecule has 0 amide bonds. The lowest BCUT2D eigenvalue weighted by Crippen LogP contribution is -2.33. The predicted octanol–water partition coefficient (Wildman–Crippen LogP) is 2.19. The number of Topliss-reactive ketones (excluding diaryl/α,β-unsaturated/α-hetero) is 1. The fraction of sp³-hybridized carbons (Fsp3) is 0.778. The van der Waals surface area contributed by atoms with E-state index in [1.807, 2.05) is 19.6 Å². The molecule has 0 heterocycles. The Morgan fingerprint density at radius 2 is 1.58 bits per heavy atom. The second kappa shape index (κ2) is 4.55. The first-order valence-corrected chi connectivity index (χ1v) is 7.87. The minimum atomic E-state index is -1.58. The molecular weight excluding hydrogens is 168 g/mol. The molecule has 3 heteroatoms. The molecular formula is C9H18O2Si. The summed E-state index contributed by atoms with van der Waals surface area (Å²) in [5, 5.41) is 0.378. The number of carbonyl (C=O) groups excluding carboxylic acids is 2. The van der Waals surface area contributed by atoms with Gasteiger partial charge in [-0.25, -0.2) is 0 Å². The van der Waals surface area contributed by atoms with Crippen molar-refractivity contribution in [1.82, 2.24) is 0 Å². The Bertz CT molecular complexity index is 179. The number of carbonyl (C=O) groups is 2. The van der Waals surface area contributed by atoms with Gasteiger partial charge in [-0.15, -0.1) is 0 Å². The van der Waals surface area contributed by atoms with Crippen molar-refractivity contribution in [2.45, 2.75) is 45.8 Å². The molecule has 0 atom stereocenters. The van der Waals surface area contributed by atoms with Crippen LogP contribution in [0.1, 0.15) is 26.2 Å². The minimum absolute atomic E-state index is 0.179. The molecule has 0 rings (SSSR count). The second-order valence-corrected chi connectivity index (χ2v) is 9.29. The normalized spacial score (nSPS) is 11.3. The average molecular weight is 186 g/mol. The lowest BCUT2D eigenvalue weighted by molar-refractivity contribution is -0.117. The SMILES string of the molecule is CC(=O)CCCC(=O)[Si](C)(C)C. The Hall–Kier alpha value is -0.443. The van der Waals surface area contributed by atoms with Crippen molar-refractivity contribution in [3.8, 4) is 0 Å². The van der Waals surface area contributed by atoms with Gasteiger partial charge in [-0.05, 0) is 13.3 Å². The fourth-order valence-corrected chi connectivity index (χ4v) is 1.80. The van der Waals surface area contributed by atoms with Gasteiger partial charge in [0.15, 0.2) is 0 Å². The van der Waals surface area contributed by atoms with Crippen molar-refractivity contribution in [3.63, 3.8) is 0 Å². The summed E-state index contributed by atoms with van der Waals surface area (Å²) in [7, 11) is -1.58. The molecule has 0 fully saturated rings. The molecule has 2 nitrogen and oxygen atoms in total. The van der Waals surface area contributed by atoms with E-state index in [0.717, 1.165) is 6.42 Å². The van der Waals surface area contributed by atoms with Crippen molar-refractivity contribution < 1.29 is 9.59 Å². The maximum atomic E-state index is 11.4. The van der Waals surface area contributed by atoms with Gasteiger partial charge in [0.1, 0.15) is 19.3 Å². The third-order valence-corrected chi connectivity index (χ3v) is 3.69. The number of rotatable bonds is 5. The van der Waals surface area contributed by atoms with E-state index in [1.54, 1.807) is 6.92 Å². The number of hydrogen-bond donors (Lipinski definition) is 0. The van der Waals surface area contributed by atoms with E-state index < -0.39 is 8.07 Å². The molecule has 70 valence electrons. The number of ketones is 1. The average Bonchev–Trinajstić information content (AvgIpc) is 1.84. The molecule has 0 aromatic heterocycles. The standard InChI is InChI=1S/C9H18O2Si/c1-8(10)6-5-7-9(11)12(2,3)4/h5-7H2,1-4H3. The summed E-state index contributed by atoms with van der Waals surface area (Å²) in [6, 6.07) is 0. The van der Waals surface area contributed by atoms with E-state index in [9.17, 15) is 9.59 Å². The molecule has 0 saturated heterocycles. The van der Waals surface area contributed by atoms with Crippen LogP contribution in [0.4, 0.5) is 0 Å². The van der Waals surface area contributed by atoms with E-state index in [1.165, 1.54) is 0 Å². The highest BCUT2D eigenvalue weighted by Gasteiger charge is 2.22. The van der Waals surface area contributed by atoms with Crippen molar-refractivity contribution >= 4 is 19.3 Å². The third kappa shape index (κ3) is 5.24. The predicted molar refractivity (Wildman–Crippen MR) is 52.9 cm³/mol. The summed E-state index contributed by atoms with van der Waals surface area (Å²) in [5.74, 6) is 0.179. The monoisotopic (exact) mass is 186 g/mol. The van der Waals surface area contributed by atoms with E-state index >= 15 is 0 Å². The van der Waals surface area contributed by atoms with Gasteiger partial charge in [-0.2, -0.15) is 0 Å². The molecule has 0 aliphatic heterocycles.